The third-order valence-corrected chi connectivity index (χ3v) is 4.11. The fourth-order valence-corrected chi connectivity index (χ4v) is 3.42. The van der Waals surface area contributed by atoms with E-state index >= 15 is 0 Å². The summed E-state index contributed by atoms with van der Waals surface area (Å²) in [7, 11) is 0. The Morgan fingerprint density at radius 3 is 2.78 bits per heavy atom. The summed E-state index contributed by atoms with van der Waals surface area (Å²) < 4.78 is 2.57. The van der Waals surface area contributed by atoms with Crippen molar-refractivity contribution in [1.29, 1.82) is 0 Å². The van der Waals surface area contributed by atoms with Gasteiger partial charge in [0.05, 0.1) is 4.47 Å². The van der Waals surface area contributed by atoms with Gasteiger partial charge in [-0.05, 0) is 33.6 Å². The number of amides is 1. The van der Waals surface area contributed by atoms with Gasteiger partial charge in [0, 0.05) is 31.0 Å². The first kappa shape index (κ1) is 11.7. The summed E-state index contributed by atoms with van der Waals surface area (Å²) in [5.41, 5.74) is 2.36. The molecule has 0 radical (unpaired) electrons. The highest BCUT2D eigenvalue weighted by Crippen LogP contribution is 2.40. The van der Waals surface area contributed by atoms with Gasteiger partial charge in [0.1, 0.15) is 10.8 Å². The van der Waals surface area contributed by atoms with Crippen LogP contribution in [0.4, 0.5) is 0 Å². The molecule has 1 aliphatic rings. The second-order valence-electron chi connectivity index (χ2n) is 3.97. The number of carbonyl (C=O) groups excluding carboxylic acids is 1. The molecule has 2 aromatic heterocycles. The zero-order chi connectivity index (χ0) is 12.7. The highest BCUT2D eigenvalue weighted by Gasteiger charge is 2.27. The van der Waals surface area contributed by atoms with E-state index in [0.29, 0.717) is 23.9 Å². The Labute approximate surface area is 117 Å². The minimum absolute atomic E-state index is 0.102. The van der Waals surface area contributed by atoms with Gasteiger partial charge in [-0.3, -0.25) is 9.78 Å². The van der Waals surface area contributed by atoms with Gasteiger partial charge in [0.2, 0.25) is 0 Å². The molecule has 6 heteroatoms. The topological polar surface area (TPSA) is 46.9 Å². The average molecular weight is 327 g/mol. The molecule has 0 aliphatic carbocycles. The quantitative estimate of drug-likeness (QED) is 0.876. The highest BCUT2D eigenvalue weighted by atomic mass is 79.9. The van der Waals surface area contributed by atoms with Crippen molar-refractivity contribution in [3.8, 4) is 11.1 Å². The standard InChI is InChI=1S/C12H9BrClN3O/c13-9-8(7-1-3-15-4-2-7)11(14)17-6-5-16-12(18)10(9)17/h1-4H,5-6H2,(H,16,18). The lowest BCUT2D eigenvalue weighted by atomic mass is 10.1. The first-order valence-corrected chi connectivity index (χ1v) is 6.63. The Balaban J connectivity index is 2.26. The molecule has 3 rings (SSSR count). The lowest BCUT2D eigenvalue weighted by molar-refractivity contribution is 0.0927. The van der Waals surface area contributed by atoms with Gasteiger partial charge in [0.25, 0.3) is 5.91 Å². The lowest BCUT2D eigenvalue weighted by Crippen LogP contribution is -2.35. The van der Waals surface area contributed by atoms with Gasteiger partial charge in [-0.2, -0.15) is 0 Å². The molecule has 1 N–H and O–H groups in total. The molecule has 4 nitrogen and oxygen atoms in total. The van der Waals surface area contributed by atoms with E-state index in [1.165, 1.54) is 0 Å². The summed E-state index contributed by atoms with van der Waals surface area (Å²) in [6.07, 6.45) is 3.41. The minimum Gasteiger partial charge on any atom is -0.349 e. The molecule has 0 spiro atoms. The molecule has 0 unspecified atom stereocenters. The highest BCUT2D eigenvalue weighted by molar-refractivity contribution is 9.10. The number of nitrogens with one attached hydrogen (secondary N) is 1. The number of nitrogens with zero attached hydrogens (tertiary/aromatic N) is 2. The number of aromatic nitrogens is 2. The van der Waals surface area contributed by atoms with Crippen LogP contribution in [0.3, 0.4) is 0 Å². The van der Waals surface area contributed by atoms with Crippen molar-refractivity contribution in [2.45, 2.75) is 6.54 Å². The first-order valence-electron chi connectivity index (χ1n) is 5.46. The van der Waals surface area contributed by atoms with Crippen molar-refractivity contribution < 1.29 is 4.79 Å². The van der Waals surface area contributed by atoms with Crippen LogP contribution >= 0.6 is 27.5 Å². The molecule has 0 bridgehead atoms. The number of halogens is 2. The van der Waals surface area contributed by atoms with E-state index in [9.17, 15) is 4.79 Å². The van der Waals surface area contributed by atoms with Gasteiger partial charge in [-0.1, -0.05) is 11.6 Å². The molecule has 92 valence electrons. The minimum atomic E-state index is -0.102. The van der Waals surface area contributed by atoms with E-state index in [4.69, 9.17) is 11.6 Å². The number of fused-ring (bicyclic) bond motifs is 1. The van der Waals surface area contributed by atoms with Crippen LogP contribution in [0.2, 0.25) is 5.15 Å². The summed E-state index contributed by atoms with van der Waals surface area (Å²) in [5.74, 6) is -0.102. The van der Waals surface area contributed by atoms with Crippen LogP contribution < -0.4 is 5.32 Å². The summed E-state index contributed by atoms with van der Waals surface area (Å²) >= 11 is 9.86. The van der Waals surface area contributed by atoms with E-state index in [-0.39, 0.29) is 5.91 Å². The lowest BCUT2D eigenvalue weighted by Gasteiger charge is -2.16. The van der Waals surface area contributed by atoms with Gasteiger partial charge >= 0.3 is 0 Å². The SMILES string of the molecule is O=C1NCCn2c(Cl)c(-c3ccncc3)c(Br)c21. The van der Waals surface area contributed by atoms with Gasteiger partial charge in [-0.25, -0.2) is 0 Å². The van der Waals surface area contributed by atoms with Crippen LogP contribution in [0.1, 0.15) is 10.5 Å². The Kier molecular flexibility index (Phi) is 2.87. The number of hydrogen-bond acceptors (Lipinski definition) is 2. The smallest absolute Gasteiger partial charge is 0.269 e. The number of hydrogen-bond donors (Lipinski definition) is 1. The summed E-state index contributed by atoms with van der Waals surface area (Å²) in [6, 6.07) is 3.74. The molecule has 0 saturated carbocycles. The molecule has 0 atom stereocenters. The summed E-state index contributed by atoms with van der Waals surface area (Å²) in [4.78, 5) is 15.9. The third-order valence-electron chi connectivity index (χ3n) is 2.95. The maximum Gasteiger partial charge on any atom is 0.269 e. The van der Waals surface area contributed by atoms with Gasteiger partial charge in [0.15, 0.2) is 0 Å². The largest absolute Gasteiger partial charge is 0.349 e. The van der Waals surface area contributed by atoms with Gasteiger partial charge < -0.3 is 9.88 Å². The third kappa shape index (κ3) is 1.66. The van der Waals surface area contributed by atoms with E-state index in [1.54, 1.807) is 12.4 Å². The Morgan fingerprint density at radius 1 is 1.39 bits per heavy atom. The Bertz CT molecular complexity index is 624. The summed E-state index contributed by atoms with van der Waals surface area (Å²) in [6.45, 7) is 1.28. The van der Waals surface area contributed by atoms with Crippen LogP contribution in [-0.2, 0) is 6.54 Å². The molecular formula is C12H9BrClN3O. The molecular weight excluding hydrogens is 318 g/mol. The Hall–Kier alpha value is -1.33. The molecule has 0 aromatic carbocycles. The molecule has 0 saturated heterocycles. The molecule has 3 heterocycles. The van der Waals surface area contributed by atoms with Crippen LogP contribution in [-0.4, -0.2) is 22.0 Å². The van der Waals surface area contributed by atoms with Crippen molar-refractivity contribution in [3.63, 3.8) is 0 Å². The van der Waals surface area contributed by atoms with Crippen LogP contribution in [0, 0.1) is 0 Å². The van der Waals surface area contributed by atoms with Gasteiger partial charge in [-0.15, -0.1) is 0 Å². The zero-order valence-corrected chi connectivity index (χ0v) is 11.6. The van der Waals surface area contributed by atoms with Crippen molar-refractivity contribution in [1.82, 2.24) is 14.9 Å². The van der Waals surface area contributed by atoms with E-state index in [2.05, 4.69) is 26.2 Å². The zero-order valence-electron chi connectivity index (χ0n) is 9.28. The molecule has 0 fully saturated rings. The average Bonchev–Trinajstić information content (AvgIpc) is 2.64. The molecule has 2 aromatic rings. The van der Waals surface area contributed by atoms with E-state index in [0.717, 1.165) is 15.6 Å². The molecule has 1 amide bonds. The van der Waals surface area contributed by atoms with Crippen molar-refractivity contribution in [2.75, 3.05) is 6.54 Å². The monoisotopic (exact) mass is 325 g/mol. The van der Waals surface area contributed by atoms with Crippen molar-refractivity contribution in [3.05, 3.63) is 39.8 Å². The predicted octanol–water partition coefficient (Wildman–Crippen LogP) is 2.71. The Morgan fingerprint density at radius 2 is 2.11 bits per heavy atom. The van der Waals surface area contributed by atoms with Crippen LogP contribution in [0.5, 0.6) is 0 Å². The fraction of sp³-hybridized carbons (Fsp3) is 0.167. The number of carbonyl (C=O) groups is 1. The second kappa shape index (κ2) is 4.40. The predicted molar refractivity (Wildman–Crippen MR) is 72.7 cm³/mol. The normalized spacial score (nSPS) is 14.2. The number of pyridine rings is 1. The summed E-state index contributed by atoms with van der Waals surface area (Å²) in [5, 5.41) is 3.39. The number of rotatable bonds is 1. The van der Waals surface area contributed by atoms with Crippen molar-refractivity contribution >= 4 is 33.4 Å². The fourth-order valence-electron chi connectivity index (χ4n) is 2.12. The second-order valence-corrected chi connectivity index (χ2v) is 5.12. The van der Waals surface area contributed by atoms with E-state index in [1.807, 2.05) is 16.7 Å². The first-order chi connectivity index (χ1) is 8.70. The molecule has 1 aliphatic heterocycles. The van der Waals surface area contributed by atoms with E-state index < -0.39 is 0 Å². The van der Waals surface area contributed by atoms with Crippen LogP contribution in [0.25, 0.3) is 11.1 Å². The maximum atomic E-state index is 11.9. The van der Waals surface area contributed by atoms with Crippen LogP contribution in [0.15, 0.2) is 29.0 Å². The van der Waals surface area contributed by atoms with Crippen molar-refractivity contribution in [2.24, 2.45) is 0 Å². The maximum absolute atomic E-state index is 11.9. The molecule has 18 heavy (non-hydrogen) atoms.